The number of carbonyl (C=O) groups excluding carboxylic acids is 3. The van der Waals surface area contributed by atoms with Crippen molar-refractivity contribution in [2.24, 2.45) is 0 Å². The summed E-state index contributed by atoms with van der Waals surface area (Å²) in [5.41, 5.74) is 0.842. The fourth-order valence-electron chi connectivity index (χ4n) is 5.33. The molecule has 3 aromatic rings. The average molecular weight is 505 g/mol. The Bertz CT molecular complexity index is 1410. The lowest BCUT2D eigenvalue weighted by molar-refractivity contribution is -0.125. The van der Waals surface area contributed by atoms with Gasteiger partial charge in [0, 0.05) is 44.4 Å². The number of hydrogen-bond acceptors (Lipinski definition) is 8. The summed E-state index contributed by atoms with van der Waals surface area (Å²) in [6.07, 6.45) is 0. The number of rotatable bonds is 6. The fraction of sp³-hybridized carbons (Fsp3) is 0.385. The van der Waals surface area contributed by atoms with Gasteiger partial charge in [-0.05, 0) is 36.4 Å². The first-order valence-electron chi connectivity index (χ1n) is 12.4. The van der Waals surface area contributed by atoms with E-state index in [1.54, 1.807) is 25.3 Å². The molecule has 11 heteroatoms. The van der Waals surface area contributed by atoms with Gasteiger partial charge in [0.05, 0.1) is 13.7 Å². The highest BCUT2D eigenvalue weighted by atomic mass is 16.5. The van der Waals surface area contributed by atoms with Crippen LogP contribution in [0.1, 0.15) is 28.6 Å². The highest BCUT2D eigenvalue weighted by Gasteiger charge is 2.53. The van der Waals surface area contributed by atoms with Crippen molar-refractivity contribution >= 4 is 34.8 Å². The number of pyridine rings is 1. The average Bonchev–Trinajstić information content (AvgIpc) is 3.57. The van der Waals surface area contributed by atoms with E-state index in [4.69, 9.17) is 14.1 Å². The first-order chi connectivity index (χ1) is 17.9. The minimum Gasteiger partial charge on any atom is -0.497 e. The van der Waals surface area contributed by atoms with E-state index in [0.29, 0.717) is 29.0 Å². The zero-order valence-electron chi connectivity index (χ0n) is 20.7. The Balaban J connectivity index is 1.31. The Labute approximate surface area is 213 Å². The lowest BCUT2D eigenvalue weighted by atomic mass is 9.95. The highest BCUT2D eigenvalue weighted by Crippen LogP contribution is 2.35. The zero-order chi connectivity index (χ0) is 25.7. The van der Waals surface area contributed by atoms with Crippen molar-refractivity contribution in [3.8, 4) is 5.75 Å². The molecule has 3 aliphatic heterocycles. The number of furan rings is 1. The number of methoxy groups -OCH3 is 1. The Hall–Kier alpha value is -4.12. The summed E-state index contributed by atoms with van der Waals surface area (Å²) in [7, 11) is 1.54. The number of urea groups is 1. The molecular weight excluding hydrogens is 476 g/mol. The van der Waals surface area contributed by atoms with Crippen LogP contribution in [0.4, 0.5) is 10.6 Å². The third-order valence-corrected chi connectivity index (χ3v) is 7.49. The molecule has 0 unspecified atom stereocenters. The smallest absolute Gasteiger partial charge is 0.322 e. The van der Waals surface area contributed by atoms with Crippen molar-refractivity contribution in [1.29, 1.82) is 0 Å². The van der Waals surface area contributed by atoms with Gasteiger partial charge in [-0.3, -0.25) is 14.9 Å². The van der Waals surface area contributed by atoms with E-state index >= 15 is 0 Å². The normalized spacial score (nSPS) is 21.9. The first kappa shape index (κ1) is 23.3. The number of likely N-dealkylation sites (N-methyl/N-ethyl adjacent to an activating group) is 1. The number of piperazine rings is 1. The molecule has 0 spiro atoms. The molecule has 4 amide bonds. The number of ether oxygens (including phenoxy) is 1. The molecule has 5 heterocycles. The van der Waals surface area contributed by atoms with Crippen LogP contribution in [0.2, 0.25) is 0 Å². The third kappa shape index (κ3) is 3.86. The van der Waals surface area contributed by atoms with Crippen molar-refractivity contribution in [2.75, 3.05) is 51.3 Å². The minimum atomic E-state index is -1.58. The van der Waals surface area contributed by atoms with Crippen LogP contribution in [-0.2, 0) is 16.9 Å². The second-order valence-corrected chi connectivity index (χ2v) is 9.58. The number of benzene rings is 1. The van der Waals surface area contributed by atoms with Crippen LogP contribution < -0.4 is 20.3 Å². The van der Waals surface area contributed by atoms with E-state index in [9.17, 15) is 14.4 Å². The predicted octanol–water partition coefficient (Wildman–Crippen LogP) is 1.67. The summed E-state index contributed by atoms with van der Waals surface area (Å²) in [5, 5.41) is 5.04. The monoisotopic (exact) mass is 504 g/mol. The van der Waals surface area contributed by atoms with Crippen molar-refractivity contribution < 1.29 is 23.5 Å². The SMILES string of the molecule is CCN1CCN(c2ccc3oc([C@]4(CN5Cc6ccc(OC)cc6C5=O)NC(=O)NC4=O)cc3n2)CC1. The van der Waals surface area contributed by atoms with E-state index in [1.165, 1.54) is 4.90 Å². The van der Waals surface area contributed by atoms with E-state index in [0.717, 1.165) is 44.1 Å². The van der Waals surface area contributed by atoms with Gasteiger partial charge < -0.3 is 29.2 Å². The van der Waals surface area contributed by atoms with Gasteiger partial charge in [-0.25, -0.2) is 9.78 Å². The Morgan fingerprint density at radius 3 is 2.59 bits per heavy atom. The van der Waals surface area contributed by atoms with Gasteiger partial charge in [0.25, 0.3) is 11.8 Å². The summed E-state index contributed by atoms with van der Waals surface area (Å²) in [6.45, 7) is 7.09. The van der Waals surface area contributed by atoms with Crippen molar-refractivity contribution in [3.05, 3.63) is 53.3 Å². The fourth-order valence-corrected chi connectivity index (χ4v) is 5.33. The van der Waals surface area contributed by atoms with Crippen LogP contribution in [0.5, 0.6) is 5.75 Å². The largest absolute Gasteiger partial charge is 0.497 e. The Morgan fingerprint density at radius 1 is 1.08 bits per heavy atom. The van der Waals surface area contributed by atoms with E-state index in [2.05, 4.69) is 27.4 Å². The molecule has 0 bridgehead atoms. The summed E-state index contributed by atoms with van der Waals surface area (Å²) >= 11 is 0. The molecule has 3 aliphatic rings. The number of anilines is 1. The van der Waals surface area contributed by atoms with Crippen molar-refractivity contribution in [1.82, 2.24) is 25.4 Å². The molecule has 192 valence electrons. The van der Waals surface area contributed by atoms with Crippen molar-refractivity contribution in [3.63, 3.8) is 0 Å². The summed E-state index contributed by atoms with van der Waals surface area (Å²) in [6, 6.07) is 10.1. The van der Waals surface area contributed by atoms with Gasteiger partial charge in [-0.1, -0.05) is 13.0 Å². The molecule has 2 fully saturated rings. The topological polar surface area (TPSA) is 120 Å². The van der Waals surface area contributed by atoms with Gasteiger partial charge >= 0.3 is 6.03 Å². The van der Waals surface area contributed by atoms with E-state index in [-0.39, 0.29) is 18.2 Å². The number of aromatic nitrogens is 1. The van der Waals surface area contributed by atoms with Gasteiger partial charge in [-0.2, -0.15) is 0 Å². The van der Waals surface area contributed by atoms with Crippen LogP contribution >= 0.6 is 0 Å². The summed E-state index contributed by atoms with van der Waals surface area (Å²) in [4.78, 5) is 49.6. The molecule has 1 aromatic carbocycles. The Morgan fingerprint density at radius 2 is 1.89 bits per heavy atom. The molecule has 0 radical (unpaired) electrons. The number of imide groups is 1. The third-order valence-electron chi connectivity index (χ3n) is 7.49. The maximum absolute atomic E-state index is 13.2. The van der Waals surface area contributed by atoms with E-state index in [1.807, 2.05) is 18.2 Å². The van der Waals surface area contributed by atoms with Gasteiger partial charge in [0.2, 0.25) is 0 Å². The van der Waals surface area contributed by atoms with Crippen LogP contribution in [0.25, 0.3) is 11.1 Å². The van der Waals surface area contributed by atoms with E-state index < -0.39 is 17.5 Å². The zero-order valence-corrected chi connectivity index (χ0v) is 20.7. The molecule has 2 aromatic heterocycles. The van der Waals surface area contributed by atoms with Crippen molar-refractivity contribution in [2.45, 2.75) is 19.0 Å². The second kappa shape index (κ2) is 8.77. The molecule has 6 rings (SSSR count). The molecule has 0 aliphatic carbocycles. The number of nitrogens with one attached hydrogen (secondary N) is 2. The molecule has 0 saturated carbocycles. The van der Waals surface area contributed by atoms with Gasteiger partial charge in [0.1, 0.15) is 22.8 Å². The maximum Gasteiger partial charge on any atom is 0.322 e. The maximum atomic E-state index is 13.2. The highest BCUT2D eigenvalue weighted by molar-refractivity contribution is 6.08. The number of nitrogens with zero attached hydrogens (tertiary/aromatic N) is 4. The van der Waals surface area contributed by atoms with Crippen LogP contribution in [0.15, 0.2) is 40.8 Å². The molecule has 11 nitrogen and oxygen atoms in total. The number of amides is 4. The number of hydrogen-bond donors (Lipinski definition) is 2. The standard InChI is InChI=1S/C26H28N6O5/c1-3-30-8-10-31(11-9-30)22-7-6-20-19(27-22)13-21(37-20)26(24(34)28-25(35)29-26)15-32-14-16-4-5-17(36-2)12-18(16)23(32)33/h4-7,12-13H,3,8-11,14-15H2,1-2H3,(H2,28,29,34,35)/t26-/m0/s1. The first-order valence-corrected chi connectivity index (χ1v) is 12.4. The van der Waals surface area contributed by atoms with Crippen LogP contribution in [0.3, 0.4) is 0 Å². The summed E-state index contributed by atoms with van der Waals surface area (Å²) in [5.74, 6) is 0.820. The molecule has 2 saturated heterocycles. The predicted molar refractivity (Wildman–Crippen MR) is 134 cm³/mol. The lowest BCUT2D eigenvalue weighted by Crippen LogP contribution is -2.52. The number of fused-ring (bicyclic) bond motifs is 2. The van der Waals surface area contributed by atoms with Gasteiger partial charge in [0.15, 0.2) is 11.1 Å². The molecule has 1 atom stereocenters. The summed E-state index contributed by atoms with van der Waals surface area (Å²) < 4.78 is 11.3. The molecule has 37 heavy (non-hydrogen) atoms. The minimum absolute atomic E-state index is 0.0912. The second-order valence-electron chi connectivity index (χ2n) is 9.58. The molecule has 2 N–H and O–H groups in total. The Kier molecular flexibility index (Phi) is 5.52. The quantitative estimate of drug-likeness (QED) is 0.487. The van der Waals surface area contributed by atoms with Crippen LogP contribution in [0, 0.1) is 0 Å². The lowest BCUT2D eigenvalue weighted by Gasteiger charge is -2.34. The number of carbonyl (C=O) groups is 3. The van der Waals surface area contributed by atoms with Gasteiger partial charge in [-0.15, -0.1) is 0 Å². The molecular formula is C26H28N6O5. The van der Waals surface area contributed by atoms with Crippen LogP contribution in [-0.4, -0.2) is 79.0 Å².